The Kier molecular flexibility index (Phi) is 4.16. The quantitative estimate of drug-likeness (QED) is 0.790. The lowest BCUT2D eigenvalue weighted by Crippen LogP contribution is -2.58. The number of piperidine rings is 1. The summed E-state index contributed by atoms with van der Waals surface area (Å²) >= 11 is 0. The standard InChI is InChI=1S/C18H34N2/c1-18(2,3)14-9-10-15(19)17(12-14)20-11-5-7-13-6-4-8-16(13)20/h13-17H,4-12,19H2,1-3H3. The third kappa shape index (κ3) is 2.78. The molecule has 1 aliphatic heterocycles. The van der Waals surface area contributed by atoms with Gasteiger partial charge in [-0.1, -0.05) is 27.2 Å². The summed E-state index contributed by atoms with van der Waals surface area (Å²) in [5.74, 6) is 1.85. The summed E-state index contributed by atoms with van der Waals surface area (Å²) in [7, 11) is 0. The summed E-state index contributed by atoms with van der Waals surface area (Å²) in [4.78, 5) is 2.86. The Morgan fingerprint density at radius 2 is 1.65 bits per heavy atom. The molecule has 116 valence electrons. The molecule has 2 nitrogen and oxygen atoms in total. The second-order valence-corrected chi connectivity index (χ2v) is 8.75. The van der Waals surface area contributed by atoms with E-state index in [1.54, 1.807) is 0 Å². The average molecular weight is 278 g/mol. The van der Waals surface area contributed by atoms with E-state index in [4.69, 9.17) is 5.73 Å². The Bertz CT molecular complexity index is 333. The highest BCUT2D eigenvalue weighted by molar-refractivity contribution is 4.98. The van der Waals surface area contributed by atoms with Gasteiger partial charge >= 0.3 is 0 Å². The molecule has 2 saturated carbocycles. The van der Waals surface area contributed by atoms with Crippen molar-refractivity contribution in [2.24, 2.45) is 23.0 Å². The first-order valence-corrected chi connectivity index (χ1v) is 8.98. The van der Waals surface area contributed by atoms with Crippen LogP contribution in [0.3, 0.4) is 0 Å². The van der Waals surface area contributed by atoms with Crippen LogP contribution >= 0.6 is 0 Å². The van der Waals surface area contributed by atoms with E-state index in [2.05, 4.69) is 25.7 Å². The van der Waals surface area contributed by atoms with Crippen LogP contribution in [0.25, 0.3) is 0 Å². The smallest absolute Gasteiger partial charge is 0.0253 e. The lowest BCUT2D eigenvalue weighted by molar-refractivity contribution is 0.0103. The zero-order valence-electron chi connectivity index (χ0n) is 13.8. The normalized spacial score (nSPS) is 43.5. The van der Waals surface area contributed by atoms with Gasteiger partial charge in [0.25, 0.3) is 0 Å². The van der Waals surface area contributed by atoms with Gasteiger partial charge in [0.05, 0.1) is 0 Å². The summed E-state index contributed by atoms with van der Waals surface area (Å²) in [5, 5.41) is 0. The minimum atomic E-state index is 0.424. The molecule has 3 fully saturated rings. The predicted octanol–water partition coefficient (Wildman–Crippen LogP) is 3.79. The molecule has 0 aromatic heterocycles. The first kappa shape index (κ1) is 14.8. The van der Waals surface area contributed by atoms with Crippen molar-refractivity contribution in [3.05, 3.63) is 0 Å². The van der Waals surface area contributed by atoms with Gasteiger partial charge in [-0.15, -0.1) is 0 Å². The molecule has 1 saturated heterocycles. The number of rotatable bonds is 1. The molecule has 0 radical (unpaired) electrons. The molecular weight excluding hydrogens is 244 g/mol. The van der Waals surface area contributed by atoms with Gasteiger partial charge in [0.1, 0.15) is 0 Å². The van der Waals surface area contributed by atoms with Crippen molar-refractivity contribution < 1.29 is 0 Å². The Hall–Kier alpha value is -0.0800. The minimum absolute atomic E-state index is 0.424. The van der Waals surface area contributed by atoms with Gasteiger partial charge in [0.15, 0.2) is 0 Å². The fourth-order valence-corrected chi connectivity index (χ4v) is 5.24. The second-order valence-electron chi connectivity index (χ2n) is 8.75. The van der Waals surface area contributed by atoms with Crippen molar-refractivity contribution in [1.29, 1.82) is 0 Å². The third-order valence-electron chi connectivity index (χ3n) is 6.56. The van der Waals surface area contributed by atoms with Gasteiger partial charge in [-0.3, -0.25) is 4.90 Å². The maximum absolute atomic E-state index is 6.56. The summed E-state index contributed by atoms with van der Waals surface area (Å²) < 4.78 is 0. The molecule has 0 spiro atoms. The maximum Gasteiger partial charge on any atom is 0.0253 e. The van der Waals surface area contributed by atoms with Gasteiger partial charge in [-0.25, -0.2) is 0 Å². The number of hydrogen-bond acceptors (Lipinski definition) is 2. The molecule has 0 amide bonds. The molecule has 2 aliphatic carbocycles. The Morgan fingerprint density at radius 1 is 0.900 bits per heavy atom. The molecule has 5 atom stereocenters. The van der Waals surface area contributed by atoms with Gasteiger partial charge in [-0.05, 0) is 68.7 Å². The zero-order valence-corrected chi connectivity index (χ0v) is 13.8. The minimum Gasteiger partial charge on any atom is -0.326 e. The summed E-state index contributed by atoms with van der Waals surface area (Å²) in [6, 6.07) is 1.96. The summed E-state index contributed by atoms with van der Waals surface area (Å²) in [6.07, 6.45) is 11.2. The highest BCUT2D eigenvalue weighted by atomic mass is 15.2. The van der Waals surface area contributed by atoms with Crippen LogP contribution in [0.15, 0.2) is 0 Å². The molecular formula is C18H34N2. The van der Waals surface area contributed by atoms with Crippen LogP contribution in [0.4, 0.5) is 0 Å². The molecule has 5 unspecified atom stereocenters. The molecule has 0 aromatic carbocycles. The second kappa shape index (κ2) is 5.61. The first-order chi connectivity index (χ1) is 9.47. The highest BCUT2D eigenvalue weighted by Crippen LogP contribution is 2.43. The van der Waals surface area contributed by atoms with E-state index in [1.165, 1.54) is 57.9 Å². The van der Waals surface area contributed by atoms with E-state index in [1.807, 2.05) is 0 Å². The lowest BCUT2D eigenvalue weighted by atomic mass is 9.69. The molecule has 3 rings (SSSR count). The van der Waals surface area contributed by atoms with Gasteiger partial charge in [0.2, 0.25) is 0 Å². The van der Waals surface area contributed by atoms with Crippen LogP contribution in [0, 0.1) is 17.3 Å². The predicted molar refractivity (Wildman–Crippen MR) is 85.6 cm³/mol. The van der Waals surface area contributed by atoms with E-state index < -0.39 is 0 Å². The van der Waals surface area contributed by atoms with Crippen molar-refractivity contribution in [1.82, 2.24) is 4.90 Å². The SMILES string of the molecule is CC(C)(C)C1CCC(N)C(N2CCCC3CCCC32)C1. The number of hydrogen-bond donors (Lipinski definition) is 1. The number of nitrogens with two attached hydrogens (primary N) is 1. The lowest BCUT2D eigenvalue weighted by Gasteiger charge is -2.50. The first-order valence-electron chi connectivity index (χ1n) is 8.98. The Morgan fingerprint density at radius 3 is 2.40 bits per heavy atom. The van der Waals surface area contributed by atoms with Crippen molar-refractivity contribution >= 4 is 0 Å². The Labute approximate surface area is 125 Å². The monoisotopic (exact) mass is 278 g/mol. The van der Waals surface area contributed by atoms with E-state index in [0.717, 1.165) is 17.9 Å². The fourth-order valence-electron chi connectivity index (χ4n) is 5.24. The van der Waals surface area contributed by atoms with Gasteiger partial charge in [-0.2, -0.15) is 0 Å². The molecule has 0 aromatic rings. The van der Waals surface area contributed by atoms with E-state index in [9.17, 15) is 0 Å². The average Bonchev–Trinajstić information content (AvgIpc) is 2.86. The number of likely N-dealkylation sites (tertiary alicyclic amines) is 1. The molecule has 2 heteroatoms. The fraction of sp³-hybridized carbons (Fsp3) is 1.00. The van der Waals surface area contributed by atoms with Crippen molar-refractivity contribution in [2.45, 2.75) is 90.3 Å². The van der Waals surface area contributed by atoms with Gasteiger partial charge < -0.3 is 5.73 Å². The largest absolute Gasteiger partial charge is 0.326 e. The summed E-state index contributed by atoms with van der Waals surface area (Å²) in [5.41, 5.74) is 7.00. The van der Waals surface area contributed by atoms with Crippen LogP contribution < -0.4 is 5.73 Å². The van der Waals surface area contributed by atoms with Crippen LogP contribution in [-0.2, 0) is 0 Å². The zero-order chi connectivity index (χ0) is 14.3. The van der Waals surface area contributed by atoms with Crippen molar-refractivity contribution in [3.8, 4) is 0 Å². The molecule has 3 aliphatic rings. The van der Waals surface area contributed by atoms with Crippen LogP contribution in [0.2, 0.25) is 0 Å². The molecule has 0 bridgehead atoms. The van der Waals surface area contributed by atoms with Crippen LogP contribution in [0.5, 0.6) is 0 Å². The maximum atomic E-state index is 6.56. The van der Waals surface area contributed by atoms with Gasteiger partial charge in [0, 0.05) is 18.1 Å². The van der Waals surface area contributed by atoms with E-state index in [0.29, 0.717) is 17.5 Å². The van der Waals surface area contributed by atoms with Crippen molar-refractivity contribution in [3.63, 3.8) is 0 Å². The van der Waals surface area contributed by atoms with E-state index in [-0.39, 0.29) is 0 Å². The highest BCUT2D eigenvalue weighted by Gasteiger charge is 2.43. The number of fused-ring (bicyclic) bond motifs is 1. The molecule has 20 heavy (non-hydrogen) atoms. The van der Waals surface area contributed by atoms with Crippen LogP contribution in [0.1, 0.15) is 72.1 Å². The van der Waals surface area contributed by atoms with E-state index >= 15 is 0 Å². The van der Waals surface area contributed by atoms with Crippen molar-refractivity contribution in [2.75, 3.05) is 6.54 Å². The van der Waals surface area contributed by atoms with Crippen LogP contribution in [-0.4, -0.2) is 29.6 Å². The number of nitrogens with zero attached hydrogens (tertiary/aromatic N) is 1. The molecule has 1 heterocycles. The topological polar surface area (TPSA) is 29.3 Å². The molecule has 2 N–H and O–H groups in total. The summed E-state index contributed by atoms with van der Waals surface area (Å²) in [6.45, 7) is 8.57. The Balaban J connectivity index is 1.73. The third-order valence-corrected chi connectivity index (χ3v) is 6.56.